The highest BCUT2D eigenvalue weighted by Gasteiger charge is 2.44. The van der Waals surface area contributed by atoms with Crippen LogP contribution in [0.2, 0.25) is 0 Å². The summed E-state index contributed by atoms with van der Waals surface area (Å²) in [5.41, 5.74) is 0.173. The molecule has 0 saturated heterocycles. The van der Waals surface area contributed by atoms with Crippen molar-refractivity contribution in [3.05, 3.63) is 0 Å². The van der Waals surface area contributed by atoms with Gasteiger partial charge < -0.3 is 21.1 Å². The number of carbonyl (C=O) groups excluding carboxylic acids is 1. The van der Waals surface area contributed by atoms with Crippen LogP contribution in [0.5, 0.6) is 0 Å². The molecule has 0 heterocycles. The first-order valence-corrected chi connectivity index (χ1v) is 16.4. The molecule has 1 saturated carbocycles. The van der Waals surface area contributed by atoms with E-state index in [2.05, 4.69) is 29.8 Å². The Morgan fingerprint density at radius 3 is 1.87 bits per heavy atom. The second-order valence-electron chi connectivity index (χ2n) is 12.0. The number of carbonyl (C=O) groups is 1. The SMILES string of the molecule is CCCCCCCCCCCCCCCC1(NC(CCCC)C(O)NC(CCCCNC)C(=O)C=N)CC1. The molecule has 0 amide bonds. The van der Waals surface area contributed by atoms with Crippen LogP contribution >= 0.6 is 0 Å². The predicted octanol–water partition coefficient (Wildman–Crippen LogP) is 7.03. The van der Waals surface area contributed by atoms with Gasteiger partial charge in [-0.2, -0.15) is 0 Å². The van der Waals surface area contributed by atoms with Crippen molar-refractivity contribution in [3.8, 4) is 0 Å². The molecule has 1 fully saturated rings. The second kappa shape index (κ2) is 22.9. The molecule has 3 atom stereocenters. The van der Waals surface area contributed by atoms with Gasteiger partial charge in [0.1, 0.15) is 6.23 Å². The fraction of sp³-hybridized carbons (Fsp3) is 0.938. The predicted molar refractivity (Wildman–Crippen MR) is 163 cm³/mol. The molecule has 0 aliphatic heterocycles. The Hall–Kier alpha value is -0.820. The number of rotatable bonds is 29. The number of aliphatic hydroxyl groups excluding tert-OH is 1. The average Bonchev–Trinajstić information content (AvgIpc) is 3.69. The molecule has 1 aliphatic rings. The number of ketones is 1. The Balaban J connectivity index is 2.34. The molecule has 0 bridgehead atoms. The lowest BCUT2D eigenvalue weighted by Gasteiger charge is -2.32. The minimum atomic E-state index is -0.774. The van der Waals surface area contributed by atoms with Crippen LogP contribution in [0.3, 0.4) is 0 Å². The summed E-state index contributed by atoms with van der Waals surface area (Å²) in [5.74, 6) is -0.240. The first kappa shape index (κ1) is 35.2. The molecule has 1 rings (SSSR count). The summed E-state index contributed by atoms with van der Waals surface area (Å²) in [5, 5.41) is 28.7. The highest BCUT2D eigenvalue weighted by molar-refractivity contribution is 6.28. The van der Waals surface area contributed by atoms with Crippen LogP contribution in [0.4, 0.5) is 0 Å². The fourth-order valence-electron chi connectivity index (χ4n) is 5.61. The maximum absolute atomic E-state index is 12.3. The molecule has 5 N–H and O–H groups in total. The minimum absolute atomic E-state index is 0.0576. The standard InChI is InChI=1S/C32H64N4O2/c1-4-6-8-9-10-11-12-13-14-15-16-17-19-23-32(24-25-32)36-29(21-7-5-2)31(38)35-28(30(37)27-33)22-18-20-26-34-3/h27-29,31,33-36,38H,4-26H2,1-3H3. The Labute approximate surface area is 235 Å². The van der Waals surface area contributed by atoms with Crippen molar-refractivity contribution in [1.82, 2.24) is 16.0 Å². The molecule has 0 spiro atoms. The van der Waals surface area contributed by atoms with Crippen LogP contribution in [-0.4, -0.2) is 54.5 Å². The van der Waals surface area contributed by atoms with Gasteiger partial charge in [-0.25, -0.2) is 0 Å². The van der Waals surface area contributed by atoms with Crippen LogP contribution in [0, 0.1) is 5.41 Å². The number of hydrogen-bond donors (Lipinski definition) is 5. The third-order valence-corrected chi connectivity index (χ3v) is 8.38. The van der Waals surface area contributed by atoms with Crippen molar-refractivity contribution < 1.29 is 9.90 Å². The summed E-state index contributed by atoms with van der Waals surface area (Å²) in [6, 6.07) is -0.542. The van der Waals surface area contributed by atoms with E-state index in [9.17, 15) is 9.90 Å². The zero-order valence-electron chi connectivity index (χ0n) is 25.4. The molecule has 0 radical (unpaired) electrons. The van der Waals surface area contributed by atoms with E-state index in [-0.39, 0.29) is 17.4 Å². The summed E-state index contributed by atoms with van der Waals surface area (Å²) in [7, 11) is 1.93. The zero-order chi connectivity index (χ0) is 27.9. The molecule has 0 aromatic carbocycles. The summed E-state index contributed by atoms with van der Waals surface area (Å²) < 4.78 is 0. The summed E-state index contributed by atoms with van der Waals surface area (Å²) >= 11 is 0. The number of unbranched alkanes of at least 4 members (excludes halogenated alkanes) is 14. The smallest absolute Gasteiger partial charge is 0.190 e. The lowest BCUT2D eigenvalue weighted by atomic mass is 9.99. The van der Waals surface area contributed by atoms with Crippen LogP contribution in [0.25, 0.3) is 0 Å². The largest absolute Gasteiger partial charge is 0.377 e. The van der Waals surface area contributed by atoms with Crippen molar-refractivity contribution in [2.75, 3.05) is 13.6 Å². The molecular formula is C32H64N4O2. The van der Waals surface area contributed by atoms with Crippen molar-refractivity contribution in [2.45, 2.75) is 179 Å². The van der Waals surface area contributed by atoms with Crippen LogP contribution in [0.15, 0.2) is 0 Å². The molecule has 38 heavy (non-hydrogen) atoms. The van der Waals surface area contributed by atoms with E-state index in [1.807, 2.05) is 7.05 Å². The molecule has 0 aromatic heterocycles. The van der Waals surface area contributed by atoms with Gasteiger partial charge in [0.05, 0.1) is 12.3 Å². The number of Topliss-reactive ketones (excluding diaryl/α,β-unsaturated/α-hetero) is 1. The van der Waals surface area contributed by atoms with Crippen molar-refractivity contribution in [2.24, 2.45) is 0 Å². The third kappa shape index (κ3) is 17.0. The summed E-state index contributed by atoms with van der Waals surface area (Å²) in [6.07, 6.45) is 27.2. The van der Waals surface area contributed by atoms with E-state index in [1.165, 1.54) is 103 Å². The van der Waals surface area contributed by atoms with Gasteiger partial charge in [0.15, 0.2) is 5.78 Å². The number of hydrogen-bond acceptors (Lipinski definition) is 6. The monoisotopic (exact) mass is 537 g/mol. The normalized spacial score (nSPS) is 16.7. The zero-order valence-corrected chi connectivity index (χ0v) is 25.4. The van der Waals surface area contributed by atoms with Gasteiger partial charge in [0, 0.05) is 11.6 Å². The lowest BCUT2D eigenvalue weighted by molar-refractivity contribution is -0.115. The number of nitrogens with one attached hydrogen (secondary N) is 4. The van der Waals surface area contributed by atoms with E-state index in [0.29, 0.717) is 6.42 Å². The van der Waals surface area contributed by atoms with Crippen molar-refractivity contribution in [3.63, 3.8) is 0 Å². The maximum atomic E-state index is 12.3. The van der Waals surface area contributed by atoms with Gasteiger partial charge in [0.2, 0.25) is 0 Å². The maximum Gasteiger partial charge on any atom is 0.190 e. The molecule has 3 unspecified atom stereocenters. The molecule has 1 aliphatic carbocycles. The van der Waals surface area contributed by atoms with E-state index >= 15 is 0 Å². The van der Waals surface area contributed by atoms with Gasteiger partial charge in [-0.15, -0.1) is 0 Å². The third-order valence-electron chi connectivity index (χ3n) is 8.38. The van der Waals surface area contributed by atoms with Crippen molar-refractivity contribution in [1.29, 1.82) is 5.41 Å². The lowest BCUT2D eigenvalue weighted by Crippen LogP contribution is -2.56. The second-order valence-corrected chi connectivity index (χ2v) is 12.0. The topological polar surface area (TPSA) is 97.2 Å². The van der Waals surface area contributed by atoms with Crippen LogP contribution < -0.4 is 16.0 Å². The highest BCUT2D eigenvalue weighted by Crippen LogP contribution is 2.41. The molecule has 6 heteroatoms. The summed E-state index contributed by atoms with van der Waals surface area (Å²) in [4.78, 5) is 12.3. The Kier molecular flexibility index (Phi) is 21.3. The quantitative estimate of drug-likeness (QED) is 0.0401. The van der Waals surface area contributed by atoms with E-state index in [1.54, 1.807) is 0 Å². The Morgan fingerprint density at radius 2 is 1.37 bits per heavy atom. The van der Waals surface area contributed by atoms with Crippen LogP contribution in [-0.2, 0) is 4.79 Å². The fourth-order valence-corrected chi connectivity index (χ4v) is 5.61. The van der Waals surface area contributed by atoms with Gasteiger partial charge in [0.25, 0.3) is 0 Å². The molecule has 224 valence electrons. The highest BCUT2D eigenvalue weighted by atomic mass is 16.3. The van der Waals surface area contributed by atoms with Gasteiger partial charge in [-0.1, -0.05) is 117 Å². The molecule has 0 aromatic rings. The Bertz CT molecular complexity index is 582. The first-order chi connectivity index (χ1) is 18.5. The van der Waals surface area contributed by atoms with Gasteiger partial charge >= 0.3 is 0 Å². The molecular weight excluding hydrogens is 472 g/mol. The average molecular weight is 537 g/mol. The first-order valence-electron chi connectivity index (χ1n) is 16.4. The minimum Gasteiger partial charge on any atom is -0.377 e. The van der Waals surface area contributed by atoms with Gasteiger partial charge in [-0.3, -0.25) is 10.1 Å². The number of aliphatic hydroxyl groups is 1. The van der Waals surface area contributed by atoms with Crippen molar-refractivity contribution >= 4 is 12.0 Å². The summed E-state index contributed by atoms with van der Waals surface area (Å²) in [6.45, 7) is 5.38. The van der Waals surface area contributed by atoms with E-state index in [4.69, 9.17) is 5.41 Å². The van der Waals surface area contributed by atoms with Gasteiger partial charge in [-0.05, 0) is 52.1 Å². The van der Waals surface area contributed by atoms with Crippen LogP contribution in [0.1, 0.15) is 155 Å². The molecule has 6 nitrogen and oxygen atoms in total. The van der Waals surface area contributed by atoms with E-state index < -0.39 is 12.3 Å². The van der Waals surface area contributed by atoms with E-state index in [0.717, 1.165) is 44.9 Å². The Morgan fingerprint density at radius 1 is 0.816 bits per heavy atom.